The predicted octanol–water partition coefficient (Wildman–Crippen LogP) is -1.72. The zero-order valence-corrected chi connectivity index (χ0v) is 10.3. The predicted molar refractivity (Wildman–Crippen MR) is 64.4 cm³/mol. The van der Waals surface area contributed by atoms with E-state index in [1.165, 1.54) is 11.7 Å². The molecule has 2 heterocycles. The number of rotatable bonds is 1. The smallest absolute Gasteiger partial charge is 0.346 e. The van der Waals surface area contributed by atoms with E-state index in [4.69, 9.17) is 0 Å². The van der Waals surface area contributed by atoms with E-state index in [1.807, 2.05) is 4.90 Å². The van der Waals surface area contributed by atoms with E-state index in [2.05, 4.69) is 17.3 Å². The topological polar surface area (TPSA) is 72.2 Å². The van der Waals surface area contributed by atoms with E-state index in [-0.39, 0.29) is 5.56 Å². The summed E-state index contributed by atoms with van der Waals surface area (Å²) in [5.74, 6) is 0.350. The molecule has 0 saturated carbocycles. The zero-order chi connectivity index (χ0) is 12.6. The highest BCUT2D eigenvalue weighted by molar-refractivity contribution is 5.35. The Balaban J connectivity index is 2.45. The molecule has 1 unspecified atom stereocenters. The molecule has 1 aromatic rings. The molecule has 0 spiro atoms. The summed E-state index contributed by atoms with van der Waals surface area (Å²) in [4.78, 5) is 25.4. The number of anilines is 1. The van der Waals surface area contributed by atoms with Gasteiger partial charge in [0.05, 0.1) is 0 Å². The van der Waals surface area contributed by atoms with Gasteiger partial charge in [-0.1, -0.05) is 0 Å². The number of hydrogen-bond acceptors (Lipinski definition) is 5. The van der Waals surface area contributed by atoms with Crippen LogP contribution in [-0.2, 0) is 14.1 Å². The molecule has 1 N–H and O–H groups in total. The summed E-state index contributed by atoms with van der Waals surface area (Å²) in [6.45, 7) is 4.32. The first-order valence-electron chi connectivity index (χ1n) is 5.63. The molecule has 1 fully saturated rings. The van der Waals surface area contributed by atoms with Gasteiger partial charge in [0.2, 0.25) is 5.82 Å². The molecular weight excluding hydrogens is 222 g/mol. The summed E-state index contributed by atoms with van der Waals surface area (Å²) in [6, 6.07) is 0.312. The Labute approximate surface area is 98.7 Å². The van der Waals surface area contributed by atoms with Crippen LogP contribution in [0.3, 0.4) is 0 Å². The molecule has 1 atom stereocenters. The molecule has 94 valence electrons. The first-order chi connectivity index (χ1) is 8.00. The summed E-state index contributed by atoms with van der Waals surface area (Å²) in [7, 11) is 3.03. The Bertz CT molecular complexity index is 532. The second-order valence-electron chi connectivity index (χ2n) is 4.40. The van der Waals surface area contributed by atoms with E-state index < -0.39 is 5.69 Å². The molecule has 7 heteroatoms. The van der Waals surface area contributed by atoms with Crippen molar-refractivity contribution in [3.8, 4) is 0 Å². The number of aromatic nitrogens is 3. The minimum absolute atomic E-state index is 0.312. The first kappa shape index (κ1) is 11.8. The molecule has 1 aliphatic rings. The molecule has 1 saturated heterocycles. The number of piperazine rings is 1. The number of aryl methyl sites for hydroxylation is 1. The van der Waals surface area contributed by atoms with E-state index in [0.29, 0.717) is 11.9 Å². The number of nitrogens with one attached hydrogen (secondary N) is 1. The van der Waals surface area contributed by atoms with Crippen molar-refractivity contribution in [1.82, 2.24) is 19.7 Å². The average molecular weight is 239 g/mol. The van der Waals surface area contributed by atoms with Crippen LogP contribution in [0.15, 0.2) is 9.59 Å². The van der Waals surface area contributed by atoms with Crippen molar-refractivity contribution in [2.75, 3.05) is 24.5 Å². The van der Waals surface area contributed by atoms with Gasteiger partial charge in [-0.15, -0.1) is 5.10 Å². The number of hydrogen-bond donors (Lipinski definition) is 1. The molecular formula is C10H17N5O2. The van der Waals surface area contributed by atoms with Gasteiger partial charge in [0.25, 0.3) is 5.56 Å². The van der Waals surface area contributed by atoms with Crippen LogP contribution in [0.2, 0.25) is 0 Å². The Kier molecular flexibility index (Phi) is 3.01. The Morgan fingerprint density at radius 2 is 2.06 bits per heavy atom. The van der Waals surface area contributed by atoms with Gasteiger partial charge in [-0.3, -0.25) is 9.36 Å². The Hall–Kier alpha value is -1.63. The molecule has 2 rings (SSSR count). The molecule has 0 aromatic carbocycles. The van der Waals surface area contributed by atoms with Crippen LogP contribution in [0.25, 0.3) is 0 Å². The van der Waals surface area contributed by atoms with Gasteiger partial charge >= 0.3 is 5.69 Å². The average Bonchev–Trinajstić information content (AvgIpc) is 2.31. The Morgan fingerprint density at radius 3 is 2.71 bits per heavy atom. The summed E-state index contributed by atoms with van der Waals surface area (Å²) in [6.07, 6.45) is 0. The lowest BCUT2D eigenvalue weighted by molar-refractivity contribution is 0.472. The third kappa shape index (κ3) is 2.10. The molecule has 17 heavy (non-hydrogen) atoms. The lowest BCUT2D eigenvalue weighted by Crippen LogP contribution is -2.52. The summed E-state index contributed by atoms with van der Waals surface area (Å²) >= 11 is 0. The quantitative estimate of drug-likeness (QED) is 0.631. The lowest BCUT2D eigenvalue weighted by atomic mass is 10.2. The van der Waals surface area contributed by atoms with Crippen LogP contribution >= 0.6 is 0 Å². The minimum Gasteiger partial charge on any atom is -0.348 e. The van der Waals surface area contributed by atoms with Crippen molar-refractivity contribution in [2.45, 2.75) is 13.0 Å². The number of nitrogens with zero attached hydrogens (tertiary/aromatic N) is 4. The van der Waals surface area contributed by atoms with Crippen LogP contribution in [0.4, 0.5) is 5.82 Å². The highest BCUT2D eigenvalue weighted by Crippen LogP contribution is 2.05. The third-order valence-corrected chi connectivity index (χ3v) is 2.97. The van der Waals surface area contributed by atoms with Gasteiger partial charge in [0.1, 0.15) is 0 Å². The molecule has 0 radical (unpaired) electrons. The highest BCUT2D eigenvalue weighted by Gasteiger charge is 2.21. The van der Waals surface area contributed by atoms with Crippen LogP contribution < -0.4 is 21.5 Å². The minimum atomic E-state index is -0.401. The maximum Gasteiger partial charge on any atom is 0.346 e. The monoisotopic (exact) mass is 239 g/mol. The summed E-state index contributed by atoms with van der Waals surface area (Å²) in [5.41, 5.74) is -0.732. The largest absolute Gasteiger partial charge is 0.348 e. The van der Waals surface area contributed by atoms with Crippen molar-refractivity contribution >= 4 is 5.82 Å². The molecule has 1 aliphatic heterocycles. The summed E-state index contributed by atoms with van der Waals surface area (Å²) < 4.78 is 2.29. The van der Waals surface area contributed by atoms with Gasteiger partial charge in [0, 0.05) is 39.8 Å². The van der Waals surface area contributed by atoms with E-state index >= 15 is 0 Å². The van der Waals surface area contributed by atoms with Crippen molar-refractivity contribution in [2.24, 2.45) is 14.1 Å². The van der Waals surface area contributed by atoms with Crippen molar-refractivity contribution in [1.29, 1.82) is 0 Å². The second-order valence-corrected chi connectivity index (χ2v) is 4.40. The van der Waals surface area contributed by atoms with Crippen molar-refractivity contribution in [3.05, 3.63) is 20.8 Å². The maximum atomic E-state index is 12.0. The lowest BCUT2D eigenvalue weighted by Gasteiger charge is -2.32. The van der Waals surface area contributed by atoms with Crippen molar-refractivity contribution < 1.29 is 0 Å². The molecule has 1 aromatic heterocycles. The van der Waals surface area contributed by atoms with Gasteiger partial charge in [0.15, 0.2) is 0 Å². The standard InChI is InChI=1S/C10H17N5O2/c1-7-6-15(5-4-11-7)8-9(16)13(2)10(17)14(3)12-8/h7,11H,4-6H2,1-3H3. The van der Waals surface area contributed by atoms with Crippen LogP contribution in [-0.4, -0.2) is 40.0 Å². The second kappa shape index (κ2) is 4.33. The SMILES string of the molecule is CC1CN(c2nn(C)c(=O)n(C)c2=O)CCN1. The molecule has 0 aliphatic carbocycles. The van der Waals surface area contributed by atoms with Crippen LogP contribution in [0.1, 0.15) is 6.92 Å². The molecule has 0 amide bonds. The fourth-order valence-corrected chi connectivity index (χ4v) is 2.00. The first-order valence-corrected chi connectivity index (χ1v) is 5.63. The highest BCUT2D eigenvalue weighted by atomic mass is 16.2. The fourth-order valence-electron chi connectivity index (χ4n) is 2.00. The van der Waals surface area contributed by atoms with Gasteiger partial charge < -0.3 is 10.2 Å². The van der Waals surface area contributed by atoms with Gasteiger partial charge in [-0.2, -0.15) is 0 Å². The zero-order valence-electron chi connectivity index (χ0n) is 10.3. The maximum absolute atomic E-state index is 12.0. The van der Waals surface area contributed by atoms with Gasteiger partial charge in [-0.05, 0) is 6.92 Å². The summed E-state index contributed by atoms with van der Waals surface area (Å²) in [5, 5.41) is 7.36. The molecule has 0 bridgehead atoms. The fraction of sp³-hybridized carbons (Fsp3) is 0.700. The third-order valence-electron chi connectivity index (χ3n) is 2.97. The van der Waals surface area contributed by atoms with Gasteiger partial charge in [-0.25, -0.2) is 9.48 Å². The normalized spacial score (nSPS) is 20.6. The van der Waals surface area contributed by atoms with E-state index in [0.717, 1.165) is 24.2 Å². The van der Waals surface area contributed by atoms with E-state index in [1.54, 1.807) is 7.05 Å². The molecule has 7 nitrogen and oxygen atoms in total. The van der Waals surface area contributed by atoms with Crippen LogP contribution in [0.5, 0.6) is 0 Å². The Morgan fingerprint density at radius 1 is 1.35 bits per heavy atom. The van der Waals surface area contributed by atoms with Crippen LogP contribution in [0, 0.1) is 0 Å². The van der Waals surface area contributed by atoms with E-state index in [9.17, 15) is 9.59 Å². The van der Waals surface area contributed by atoms with Crippen molar-refractivity contribution in [3.63, 3.8) is 0 Å².